The second-order valence-corrected chi connectivity index (χ2v) is 6.30. The van der Waals surface area contributed by atoms with Gasteiger partial charge in [0.15, 0.2) is 0 Å². The van der Waals surface area contributed by atoms with E-state index in [9.17, 15) is 0 Å². The van der Waals surface area contributed by atoms with Gasteiger partial charge in [-0.3, -0.25) is 0 Å². The summed E-state index contributed by atoms with van der Waals surface area (Å²) >= 11 is 11.7. The van der Waals surface area contributed by atoms with Crippen molar-refractivity contribution in [2.24, 2.45) is 0 Å². The van der Waals surface area contributed by atoms with Crippen LogP contribution in [0, 0.1) is 0 Å². The predicted molar refractivity (Wildman–Crippen MR) is 80.5 cm³/mol. The van der Waals surface area contributed by atoms with Gasteiger partial charge in [0.2, 0.25) is 0 Å². The Morgan fingerprint density at radius 3 is 2.47 bits per heavy atom. The Kier molecular flexibility index (Phi) is 4.66. The number of alkyl halides is 1. The Labute approximate surface area is 120 Å². The van der Waals surface area contributed by atoms with E-state index in [1.807, 2.05) is 11.4 Å². The van der Waals surface area contributed by atoms with E-state index in [0.717, 1.165) is 11.4 Å². The summed E-state index contributed by atoms with van der Waals surface area (Å²) in [7, 11) is 0. The van der Waals surface area contributed by atoms with Crippen molar-refractivity contribution >= 4 is 38.9 Å². The Morgan fingerprint density at radius 2 is 1.94 bits per heavy atom. The van der Waals surface area contributed by atoms with Gasteiger partial charge in [-0.05, 0) is 23.4 Å². The summed E-state index contributed by atoms with van der Waals surface area (Å²) in [5.41, 5.74) is 1.36. The molecule has 0 bridgehead atoms. The van der Waals surface area contributed by atoms with Gasteiger partial charge in [0, 0.05) is 10.8 Å². The summed E-state index contributed by atoms with van der Waals surface area (Å²) in [6.45, 7) is 2.22. The summed E-state index contributed by atoms with van der Waals surface area (Å²) in [5.74, 6) is 0.465. The van der Waals surface area contributed by atoms with E-state index in [1.165, 1.54) is 10.4 Å². The second kappa shape index (κ2) is 6.03. The third kappa shape index (κ3) is 2.93. The van der Waals surface area contributed by atoms with Crippen molar-refractivity contribution in [3.63, 3.8) is 0 Å². The van der Waals surface area contributed by atoms with Crippen molar-refractivity contribution < 1.29 is 0 Å². The maximum Gasteiger partial charge on any atom is 0.0572 e. The van der Waals surface area contributed by atoms with Gasteiger partial charge in [-0.15, -0.1) is 11.3 Å². The largest absolute Gasteiger partial charge is 0.146 e. The van der Waals surface area contributed by atoms with Crippen molar-refractivity contribution in [1.29, 1.82) is 0 Å². The molecule has 2 rings (SSSR count). The minimum atomic E-state index is 0.294. The molecule has 0 spiro atoms. The lowest BCUT2D eigenvalue weighted by Gasteiger charge is -2.21. The molecule has 17 heavy (non-hydrogen) atoms. The molecule has 90 valence electrons. The van der Waals surface area contributed by atoms with Crippen LogP contribution in [-0.2, 0) is 0 Å². The molecule has 2 atom stereocenters. The SMILES string of the molecule is CCC(c1ccccc1)C(Br)c1sccc1Cl. The van der Waals surface area contributed by atoms with Gasteiger partial charge in [0.05, 0.1) is 9.85 Å². The minimum Gasteiger partial charge on any atom is -0.146 e. The van der Waals surface area contributed by atoms with Crippen molar-refractivity contribution in [2.45, 2.75) is 24.1 Å². The van der Waals surface area contributed by atoms with Gasteiger partial charge in [-0.2, -0.15) is 0 Å². The average molecular weight is 330 g/mol. The van der Waals surface area contributed by atoms with Crippen LogP contribution in [0.1, 0.15) is 34.5 Å². The maximum atomic E-state index is 6.20. The molecule has 0 N–H and O–H groups in total. The highest BCUT2D eigenvalue weighted by Crippen LogP contribution is 2.44. The van der Waals surface area contributed by atoms with E-state index in [-0.39, 0.29) is 0 Å². The highest BCUT2D eigenvalue weighted by molar-refractivity contribution is 9.09. The van der Waals surface area contributed by atoms with Crippen molar-refractivity contribution in [1.82, 2.24) is 0 Å². The molecule has 0 nitrogen and oxygen atoms in total. The molecule has 2 aromatic rings. The van der Waals surface area contributed by atoms with Crippen LogP contribution in [0.4, 0.5) is 0 Å². The molecule has 1 aromatic heterocycles. The van der Waals surface area contributed by atoms with Gasteiger partial charge < -0.3 is 0 Å². The summed E-state index contributed by atoms with van der Waals surface area (Å²) in [5, 5.41) is 2.91. The van der Waals surface area contributed by atoms with Crippen LogP contribution in [0.15, 0.2) is 41.8 Å². The molecule has 1 aromatic carbocycles. The monoisotopic (exact) mass is 328 g/mol. The zero-order chi connectivity index (χ0) is 12.3. The fourth-order valence-electron chi connectivity index (χ4n) is 2.00. The van der Waals surface area contributed by atoms with Crippen LogP contribution < -0.4 is 0 Å². The van der Waals surface area contributed by atoms with Gasteiger partial charge in [-0.25, -0.2) is 0 Å². The fraction of sp³-hybridized carbons (Fsp3) is 0.286. The second-order valence-electron chi connectivity index (χ2n) is 3.96. The third-order valence-corrected chi connectivity index (χ3v) is 5.76. The van der Waals surface area contributed by atoms with E-state index in [4.69, 9.17) is 11.6 Å². The Bertz CT molecular complexity index is 466. The Hall–Kier alpha value is -0.310. The lowest BCUT2D eigenvalue weighted by atomic mass is 9.92. The molecule has 0 saturated heterocycles. The molecule has 3 heteroatoms. The molecule has 0 saturated carbocycles. The van der Waals surface area contributed by atoms with Crippen LogP contribution in [0.25, 0.3) is 0 Å². The summed E-state index contributed by atoms with van der Waals surface area (Å²) in [6.07, 6.45) is 1.09. The van der Waals surface area contributed by atoms with Crippen molar-refractivity contribution in [3.8, 4) is 0 Å². The van der Waals surface area contributed by atoms with Crippen molar-refractivity contribution in [3.05, 3.63) is 57.2 Å². The number of halogens is 2. The molecule has 0 radical (unpaired) electrons. The Balaban J connectivity index is 2.28. The third-order valence-electron chi connectivity index (χ3n) is 2.92. The lowest BCUT2D eigenvalue weighted by molar-refractivity contribution is 0.661. The minimum absolute atomic E-state index is 0.294. The molecular weight excluding hydrogens is 316 g/mol. The molecule has 0 aliphatic heterocycles. The molecule has 1 heterocycles. The first-order valence-electron chi connectivity index (χ1n) is 5.66. The number of benzene rings is 1. The smallest absolute Gasteiger partial charge is 0.0572 e. The van der Waals surface area contributed by atoms with Gasteiger partial charge in [0.1, 0.15) is 0 Å². The van der Waals surface area contributed by atoms with E-state index >= 15 is 0 Å². The molecule has 2 unspecified atom stereocenters. The number of thiophene rings is 1. The van der Waals surface area contributed by atoms with Crippen LogP contribution in [0.2, 0.25) is 5.02 Å². The highest BCUT2D eigenvalue weighted by Gasteiger charge is 2.23. The van der Waals surface area contributed by atoms with Gasteiger partial charge in [-0.1, -0.05) is 64.8 Å². The topological polar surface area (TPSA) is 0 Å². The van der Waals surface area contributed by atoms with Gasteiger partial charge >= 0.3 is 0 Å². The van der Waals surface area contributed by atoms with Crippen LogP contribution in [0.5, 0.6) is 0 Å². The zero-order valence-electron chi connectivity index (χ0n) is 9.57. The molecule has 0 fully saturated rings. The van der Waals surface area contributed by atoms with Crippen LogP contribution in [0.3, 0.4) is 0 Å². The summed E-state index contributed by atoms with van der Waals surface area (Å²) in [6, 6.07) is 12.6. The average Bonchev–Trinajstić information content (AvgIpc) is 2.77. The quantitative estimate of drug-likeness (QED) is 0.601. The summed E-state index contributed by atoms with van der Waals surface area (Å²) < 4.78 is 0. The standard InChI is InChI=1S/C14H14BrClS/c1-2-11(10-6-4-3-5-7-10)13(15)14-12(16)8-9-17-14/h3-9,11,13H,2H2,1H3. The first-order valence-corrected chi connectivity index (χ1v) is 7.83. The van der Waals surface area contributed by atoms with E-state index in [0.29, 0.717) is 10.7 Å². The first-order chi connectivity index (χ1) is 8.24. The molecule has 0 aliphatic rings. The normalized spacial score (nSPS) is 14.5. The molecular formula is C14H14BrClS. The fourth-order valence-corrected chi connectivity index (χ4v) is 4.59. The lowest BCUT2D eigenvalue weighted by Crippen LogP contribution is -2.04. The maximum absolute atomic E-state index is 6.20. The van der Waals surface area contributed by atoms with E-state index < -0.39 is 0 Å². The summed E-state index contributed by atoms with van der Waals surface area (Å²) in [4.78, 5) is 1.52. The zero-order valence-corrected chi connectivity index (χ0v) is 12.7. The number of hydrogen-bond acceptors (Lipinski definition) is 1. The Morgan fingerprint density at radius 1 is 1.24 bits per heavy atom. The van der Waals surface area contributed by atoms with Gasteiger partial charge in [0.25, 0.3) is 0 Å². The van der Waals surface area contributed by atoms with Crippen LogP contribution in [-0.4, -0.2) is 0 Å². The van der Waals surface area contributed by atoms with E-state index in [1.54, 1.807) is 11.3 Å². The number of hydrogen-bond donors (Lipinski definition) is 0. The molecule has 0 amide bonds. The van der Waals surface area contributed by atoms with Crippen LogP contribution >= 0.6 is 38.9 Å². The molecule has 0 aliphatic carbocycles. The first kappa shape index (κ1) is 13.1. The van der Waals surface area contributed by atoms with E-state index in [2.05, 4.69) is 53.2 Å². The highest BCUT2D eigenvalue weighted by atomic mass is 79.9. The number of rotatable bonds is 4. The predicted octanol–water partition coefficient (Wildman–Crippen LogP) is 6.03. The van der Waals surface area contributed by atoms with Crippen molar-refractivity contribution in [2.75, 3.05) is 0 Å².